The third-order valence-electron chi connectivity index (χ3n) is 7.00. The van der Waals surface area contributed by atoms with E-state index < -0.39 is 7.15 Å². The van der Waals surface area contributed by atoms with Gasteiger partial charge in [-0.05, 0) is 48.7 Å². The number of pyridine rings is 2. The number of halogens is 2. The van der Waals surface area contributed by atoms with E-state index >= 15 is 0 Å². The molecule has 0 bridgehead atoms. The fraction of sp³-hybridized carbons (Fsp3) is 0.394. The fourth-order valence-corrected chi connectivity index (χ4v) is 4.42. The van der Waals surface area contributed by atoms with Crippen molar-refractivity contribution in [3.05, 3.63) is 109 Å². The number of aliphatic hydroxyl groups is 1. The molecule has 0 saturated carbocycles. The molecule has 264 valence electrons. The van der Waals surface area contributed by atoms with Crippen molar-refractivity contribution in [1.82, 2.24) is 48.3 Å². The summed E-state index contributed by atoms with van der Waals surface area (Å²) in [5, 5.41) is 17.2. The molecule has 0 aromatic carbocycles. The second-order valence-corrected chi connectivity index (χ2v) is 11.9. The Morgan fingerprint density at radius 1 is 0.820 bits per heavy atom. The quantitative estimate of drug-likeness (QED) is 0.251. The Morgan fingerprint density at radius 3 is 1.72 bits per heavy atom. The molecule has 6 aromatic rings. The van der Waals surface area contributed by atoms with Gasteiger partial charge in [-0.15, -0.1) is 10.2 Å². The first-order chi connectivity index (χ1) is 23.7. The van der Waals surface area contributed by atoms with Crippen molar-refractivity contribution in [3.63, 3.8) is 0 Å². The molecule has 6 rings (SSSR count). The van der Waals surface area contributed by atoms with E-state index in [4.69, 9.17) is 22.8 Å². The van der Waals surface area contributed by atoms with Gasteiger partial charge in [0.05, 0.1) is 38.9 Å². The Balaban J connectivity index is 0.000000402. The summed E-state index contributed by atoms with van der Waals surface area (Å²) in [6, 6.07) is 7.84. The van der Waals surface area contributed by atoms with Gasteiger partial charge in [0.15, 0.2) is 11.0 Å². The second kappa shape index (κ2) is 19.4. The van der Waals surface area contributed by atoms with Crippen molar-refractivity contribution < 1.29 is 46.6 Å². The number of hydrogen-bond donors (Lipinski definition) is 1. The van der Waals surface area contributed by atoms with Gasteiger partial charge in [0.1, 0.15) is 18.3 Å². The zero-order chi connectivity index (χ0) is 37.1. The third-order valence-corrected chi connectivity index (χ3v) is 7.33. The first-order valence-electron chi connectivity index (χ1n) is 15.9. The van der Waals surface area contributed by atoms with Gasteiger partial charge in [0, 0.05) is 38.3 Å². The molecular formula is C33H43ClFN10NaO4. The molecular weight excluding hydrogens is 678 g/mol. The van der Waals surface area contributed by atoms with Crippen LogP contribution in [0.2, 0.25) is 5.28 Å². The van der Waals surface area contributed by atoms with E-state index in [2.05, 4.69) is 30.1 Å². The van der Waals surface area contributed by atoms with Crippen molar-refractivity contribution in [2.24, 2.45) is 14.1 Å². The number of alkyl halides is 1. The number of ether oxygens (including phenoxy) is 1. The monoisotopic (exact) mass is 721 g/mol. The molecule has 0 aliphatic carbocycles. The van der Waals surface area contributed by atoms with Crippen LogP contribution in [0.5, 0.6) is 6.01 Å². The number of fused-ring (bicyclic) bond motifs is 2. The summed E-state index contributed by atoms with van der Waals surface area (Å²) in [4.78, 5) is 40.9. The normalized spacial score (nSPS) is 10.8. The molecule has 0 amide bonds. The molecule has 0 spiro atoms. The second-order valence-electron chi connectivity index (χ2n) is 11.5. The Bertz CT molecular complexity index is 2120. The number of aliphatic hydroxyl groups excluding tert-OH is 1. The molecule has 0 fully saturated rings. The van der Waals surface area contributed by atoms with Gasteiger partial charge in [-0.25, -0.2) is 19.0 Å². The van der Waals surface area contributed by atoms with Gasteiger partial charge < -0.3 is 11.3 Å². The van der Waals surface area contributed by atoms with E-state index in [9.17, 15) is 14.0 Å². The summed E-state index contributed by atoms with van der Waals surface area (Å²) in [6.07, 6.45) is 6.60. The van der Waals surface area contributed by atoms with Crippen LogP contribution in [0.15, 0.2) is 58.6 Å². The van der Waals surface area contributed by atoms with Crippen LogP contribution in [0.3, 0.4) is 0 Å². The molecule has 50 heavy (non-hydrogen) atoms. The minimum Gasteiger partial charge on any atom is -1.00 e. The van der Waals surface area contributed by atoms with Crippen LogP contribution < -0.4 is 45.4 Å². The first-order valence-corrected chi connectivity index (χ1v) is 15.6. The topological polar surface area (TPSA) is 160 Å². The Labute approximate surface area is 319 Å². The van der Waals surface area contributed by atoms with Crippen LogP contribution >= 0.6 is 11.6 Å². The first kappa shape index (κ1) is 40.4. The summed E-state index contributed by atoms with van der Waals surface area (Å²) < 4.78 is 26.9. The van der Waals surface area contributed by atoms with E-state index in [1.807, 2.05) is 65.8 Å². The van der Waals surface area contributed by atoms with Crippen LogP contribution in [0.4, 0.5) is 4.39 Å². The van der Waals surface area contributed by atoms with E-state index in [-0.39, 0.29) is 78.4 Å². The van der Waals surface area contributed by atoms with E-state index in [1.54, 1.807) is 37.2 Å². The van der Waals surface area contributed by atoms with Crippen molar-refractivity contribution in [2.45, 2.75) is 66.6 Å². The summed E-state index contributed by atoms with van der Waals surface area (Å²) in [6.45, 7) is 12.2. The average Bonchev–Trinajstić information content (AvgIpc) is 3.72. The number of imidazole rings is 2. The molecule has 17 heteroatoms. The number of aryl methyl sites for hydroxylation is 2. The van der Waals surface area contributed by atoms with E-state index in [0.29, 0.717) is 11.0 Å². The number of rotatable bonds is 6. The predicted octanol–water partition coefficient (Wildman–Crippen LogP) is 1.62. The molecule has 0 unspecified atom stereocenters. The van der Waals surface area contributed by atoms with Gasteiger partial charge in [-0.3, -0.25) is 33.1 Å². The molecule has 0 aliphatic heterocycles. The average molecular weight is 722 g/mol. The summed E-state index contributed by atoms with van der Waals surface area (Å²) >= 11 is 5.83. The van der Waals surface area contributed by atoms with Crippen LogP contribution in [-0.4, -0.2) is 60.6 Å². The molecule has 6 heterocycles. The standard InChI is InChI=1S/C16H19N5O2.C9H11ClN4O.C7H9NO.CH3F.Na.H/c1-10(2)14-18-8-13-15(22)20(4)16(19-21(13)14)23-9-12-6-5-11(3)7-17-12;1-5(2)7-11-4-6-8(15)13(3)9(10)12-14(6)7;1-6-2-3-7(5-9)8-4-6;1-2;;/h5-8,10H,9H2,1-4H3;4-5H,1-3H3;2-4,9H,5H2,1H3;1H3;;/q;;;;+1;-1/i;;;1D;;. The van der Waals surface area contributed by atoms with Crippen molar-refractivity contribution >= 4 is 22.6 Å². The van der Waals surface area contributed by atoms with Gasteiger partial charge in [0.25, 0.3) is 11.1 Å². The molecule has 0 radical (unpaired) electrons. The minimum atomic E-state index is -1.00. The van der Waals surface area contributed by atoms with Crippen molar-refractivity contribution in [2.75, 3.05) is 7.15 Å². The smallest absolute Gasteiger partial charge is 1.00 e. The molecule has 1 N–H and O–H groups in total. The summed E-state index contributed by atoms with van der Waals surface area (Å²) in [5.74, 6) is 1.83. The van der Waals surface area contributed by atoms with Crippen LogP contribution in [0, 0.1) is 13.8 Å². The van der Waals surface area contributed by atoms with E-state index in [1.165, 1.54) is 19.8 Å². The van der Waals surface area contributed by atoms with Gasteiger partial charge in [-0.2, -0.15) is 0 Å². The SMILES string of the molecule is CC(C)c1ncc2c(=O)n(C)c(Cl)nn12.Cc1ccc(CO)nc1.Cc1ccc(COc2nn3c(C(C)C)ncc3c(=O)n2C)nc1.[2H]CF.[H-].[Na+]. The van der Waals surface area contributed by atoms with Crippen LogP contribution in [0.1, 0.15) is 76.5 Å². The molecule has 14 nitrogen and oxygen atoms in total. The van der Waals surface area contributed by atoms with Crippen molar-refractivity contribution in [3.8, 4) is 6.01 Å². The number of aromatic nitrogens is 10. The molecule has 0 aliphatic rings. The van der Waals surface area contributed by atoms with Gasteiger partial charge in [-0.1, -0.05) is 39.8 Å². The number of hydrogen-bond acceptors (Lipinski definition) is 10. The Hall–Kier alpha value is -4.02. The predicted molar refractivity (Wildman–Crippen MR) is 186 cm³/mol. The molecule has 6 aromatic heterocycles. The minimum absolute atomic E-state index is 0. The maximum absolute atomic E-state index is 12.4. The molecule has 0 atom stereocenters. The maximum Gasteiger partial charge on any atom is 1.00 e. The largest absolute Gasteiger partial charge is 1.00 e. The van der Waals surface area contributed by atoms with Gasteiger partial charge >= 0.3 is 35.6 Å². The Morgan fingerprint density at radius 2 is 1.28 bits per heavy atom. The third kappa shape index (κ3) is 10.3. The van der Waals surface area contributed by atoms with Gasteiger partial charge in [0.2, 0.25) is 5.28 Å². The van der Waals surface area contributed by atoms with E-state index in [0.717, 1.165) is 34.2 Å². The Kier molecular flexibility index (Phi) is 15.7. The van der Waals surface area contributed by atoms with Crippen LogP contribution in [0.25, 0.3) is 11.0 Å². The van der Waals surface area contributed by atoms with Crippen molar-refractivity contribution in [1.29, 1.82) is 0 Å². The zero-order valence-corrected chi connectivity index (χ0v) is 32.6. The summed E-state index contributed by atoms with van der Waals surface area (Å²) in [5.41, 5.74) is 4.22. The maximum atomic E-state index is 12.4. The fourth-order valence-electron chi connectivity index (χ4n) is 4.27. The summed E-state index contributed by atoms with van der Waals surface area (Å²) in [7, 11) is 2.22. The zero-order valence-electron chi connectivity index (χ0n) is 31.8. The number of nitrogens with zero attached hydrogens (tertiary/aromatic N) is 10. The van der Waals surface area contributed by atoms with Crippen LogP contribution in [-0.2, 0) is 27.3 Å². The molecule has 0 saturated heterocycles.